The minimum Gasteiger partial charge on any atom is -0.465 e. The molecule has 9 heteroatoms. The van der Waals surface area contributed by atoms with Gasteiger partial charge in [0.15, 0.2) is 5.65 Å². The number of anilines is 1. The molecule has 1 aliphatic rings. The molecule has 3 heterocycles. The van der Waals surface area contributed by atoms with Crippen LogP contribution in [0.3, 0.4) is 0 Å². The molecule has 0 aliphatic heterocycles. The Morgan fingerprint density at radius 2 is 2.21 bits per heavy atom. The number of nitrogens with one attached hydrogen (secondary N) is 1. The summed E-state index contributed by atoms with van der Waals surface area (Å²) in [6.07, 6.45) is 5.52. The van der Waals surface area contributed by atoms with E-state index < -0.39 is 11.9 Å². The van der Waals surface area contributed by atoms with Gasteiger partial charge in [-0.05, 0) is 42.9 Å². The first kappa shape index (κ1) is 19.3. The Morgan fingerprint density at radius 1 is 1.38 bits per heavy atom. The van der Waals surface area contributed by atoms with Gasteiger partial charge >= 0.3 is 5.97 Å². The summed E-state index contributed by atoms with van der Waals surface area (Å²) in [5, 5.41) is 3.62. The fourth-order valence-electron chi connectivity index (χ4n) is 3.59. The quantitative estimate of drug-likeness (QED) is 0.660. The summed E-state index contributed by atoms with van der Waals surface area (Å²) in [6, 6.07) is 3.27. The molecule has 0 fully saturated rings. The summed E-state index contributed by atoms with van der Waals surface area (Å²) in [4.78, 5) is 46.8. The zero-order valence-electron chi connectivity index (χ0n) is 16.1. The molecule has 0 bridgehead atoms. The lowest BCUT2D eigenvalue weighted by Gasteiger charge is -2.18. The van der Waals surface area contributed by atoms with Crippen molar-refractivity contribution in [2.45, 2.75) is 32.7 Å². The molecule has 0 radical (unpaired) electrons. The van der Waals surface area contributed by atoms with Crippen LogP contribution in [-0.2, 0) is 28.9 Å². The van der Waals surface area contributed by atoms with Gasteiger partial charge in [0.05, 0.1) is 18.1 Å². The van der Waals surface area contributed by atoms with Gasteiger partial charge in [-0.3, -0.25) is 14.2 Å². The third kappa shape index (κ3) is 3.65. The Hall–Kier alpha value is -3.07. The first-order valence-electron chi connectivity index (χ1n) is 9.30. The van der Waals surface area contributed by atoms with Crippen molar-refractivity contribution >= 4 is 39.2 Å². The number of thiophene rings is 1. The first-order chi connectivity index (χ1) is 14.0. The van der Waals surface area contributed by atoms with E-state index in [4.69, 9.17) is 4.74 Å². The number of hydrogen-bond acceptors (Lipinski definition) is 7. The monoisotopic (exact) mass is 412 g/mol. The van der Waals surface area contributed by atoms with E-state index >= 15 is 0 Å². The lowest BCUT2D eigenvalue weighted by molar-refractivity contribution is -0.116. The summed E-state index contributed by atoms with van der Waals surface area (Å²) < 4.78 is 6.17. The van der Waals surface area contributed by atoms with Crippen molar-refractivity contribution in [3.63, 3.8) is 0 Å². The molecule has 0 spiro atoms. The summed E-state index contributed by atoms with van der Waals surface area (Å²) in [5.74, 6) is -0.331. The smallest absolute Gasteiger partial charge is 0.341 e. The minimum absolute atomic E-state index is 0.212. The third-order valence-electron chi connectivity index (χ3n) is 5.07. The Bertz CT molecular complexity index is 1170. The van der Waals surface area contributed by atoms with Gasteiger partial charge < -0.3 is 10.1 Å². The topological polar surface area (TPSA) is 103 Å². The number of esters is 1. The molecule has 4 rings (SSSR count). The largest absolute Gasteiger partial charge is 0.465 e. The standard InChI is InChI=1S/C20H20N4O4S/c1-11-5-6-12-14(8-11)29-18(16(12)20(27)28-2)23-15(25)9-24-10-22-17-13(19(24)26)4-3-7-21-17/h3-4,7,10-11H,5-6,8-9H2,1-2H3,(H,23,25). The van der Waals surface area contributed by atoms with Crippen molar-refractivity contribution in [3.8, 4) is 0 Å². The molecule has 3 aromatic rings. The van der Waals surface area contributed by atoms with Crippen molar-refractivity contribution in [1.29, 1.82) is 0 Å². The Labute approximate surface area is 170 Å². The molecule has 150 valence electrons. The molecular weight excluding hydrogens is 392 g/mol. The molecule has 8 nitrogen and oxygen atoms in total. The maximum absolute atomic E-state index is 12.7. The van der Waals surface area contributed by atoms with Crippen LogP contribution in [0.2, 0.25) is 0 Å². The average molecular weight is 412 g/mol. The highest BCUT2D eigenvalue weighted by molar-refractivity contribution is 7.17. The van der Waals surface area contributed by atoms with Crippen LogP contribution in [0.25, 0.3) is 11.0 Å². The predicted octanol–water partition coefficient (Wildman–Crippen LogP) is 2.40. The number of hydrogen-bond donors (Lipinski definition) is 1. The molecule has 1 atom stereocenters. The second kappa shape index (κ2) is 7.75. The number of nitrogens with zero attached hydrogens (tertiary/aromatic N) is 3. The van der Waals surface area contributed by atoms with Crippen LogP contribution >= 0.6 is 11.3 Å². The lowest BCUT2D eigenvalue weighted by Crippen LogP contribution is -2.28. The van der Waals surface area contributed by atoms with Crippen LogP contribution in [0.4, 0.5) is 5.00 Å². The lowest BCUT2D eigenvalue weighted by atomic mass is 9.88. The third-order valence-corrected chi connectivity index (χ3v) is 6.24. The van der Waals surface area contributed by atoms with Crippen molar-refractivity contribution in [2.24, 2.45) is 5.92 Å². The van der Waals surface area contributed by atoms with Crippen LogP contribution in [0.1, 0.15) is 34.1 Å². The summed E-state index contributed by atoms with van der Waals surface area (Å²) in [5.41, 5.74) is 1.39. The van der Waals surface area contributed by atoms with Crippen LogP contribution in [-0.4, -0.2) is 33.5 Å². The summed E-state index contributed by atoms with van der Waals surface area (Å²) >= 11 is 1.41. The number of methoxy groups -OCH3 is 1. The number of amides is 1. The molecule has 1 unspecified atom stereocenters. The van der Waals surface area contributed by atoms with Crippen molar-refractivity contribution in [1.82, 2.24) is 14.5 Å². The van der Waals surface area contributed by atoms with Crippen LogP contribution in [0.15, 0.2) is 29.5 Å². The molecule has 3 aromatic heterocycles. The van der Waals surface area contributed by atoms with Crippen LogP contribution < -0.4 is 10.9 Å². The number of aromatic nitrogens is 3. The van der Waals surface area contributed by atoms with E-state index in [2.05, 4.69) is 22.2 Å². The number of carbonyl (C=O) groups is 2. The van der Waals surface area contributed by atoms with E-state index in [0.29, 0.717) is 27.5 Å². The molecule has 1 N–H and O–H groups in total. The van der Waals surface area contributed by atoms with Gasteiger partial charge in [0, 0.05) is 11.1 Å². The number of ether oxygens (including phenoxy) is 1. The van der Waals surface area contributed by atoms with Crippen molar-refractivity contribution < 1.29 is 14.3 Å². The molecule has 1 aliphatic carbocycles. The molecule has 0 saturated heterocycles. The van der Waals surface area contributed by atoms with Crippen LogP contribution in [0, 0.1) is 5.92 Å². The second-order valence-electron chi connectivity index (χ2n) is 7.15. The van der Waals surface area contributed by atoms with E-state index in [1.54, 1.807) is 18.3 Å². The van der Waals surface area contributed by atoms with E-state index in [9.17, 15) is 14.4 Å². The van der Waals surface area contributed by atoms with Gasteiger partial charge in [0.2, 0.25) is 5.91 Å². The Morgan fingerprint density at radius 3 is 3.00 bits per heavy atom. The number of carbonyl (C=O) groups excluding carboxylic acids is 2. The highest BCUT2D eigenvalue weighted by atomic mass is 32.1. The van der Waals surface area contributed by atoms with Gasteiger partial charge in [-0.25, -0.2) is 14.8 Å². The van der Waals surface area contributed by atoms with Crippen LogP contribution in [0.5, 0.6) is 0 Å². The van der Waals surface area contributed by atoms with Gasteiger partial charge in [0.25, 0.3) is 5.56 Å². The maximum Gasteiger partial charge on any atom is 0.341 e. The van der Waals surface area contributed by atoms with Crippen molar-refractivity contribution in [3.05, 3.63) is 51.0 Å². The van der Waals surface area contributed by atoms with Crippen molar-refractivity contribution in [2.75, 3.05) is 12.4 Å². The predicted molar refractivity (Wildman–Crippen MR) is 109 cm³/mol. The Balaban J connectivity index is 1.61. The normalized spacial score (nSPS) is 15.7. The SMILES string of the molecule is COC(=O)c1c(NC(=O)Cn2cnc3ncccc3c2=O)sc2c1CCC(C)C2. The fourth-order valence-corrected chi connectivity index (χ4v) is 5.00. The molecule has 0 saturated carbocycles. The first-order valence-corrected chi connectivity index (χ1v) is 10.1. The molecule has 0 aromatic carbocycles. The summed E-state index contributed by atoms with van der Waals surface area (Å²) in [6.45, 7) is 1.96. The van der Waals surface area contributed by atoms with E-state index in [1.165, 1.54) is 29.3 Å². The molecule has 29 heavy (non-hydrogen) atoms. The highest BCUT2D eigenvalue weighted by Crippen LogP contribution is 2.40. The summed E-state index contributed by atoms with van der Waals surface area (Å²) in [7, 11) is 1.33. The average Bonchev–Trinajstić information content (AvgIpc) is 3.06. The van der Waals surface area contributed by atoms with Gasteiger partial charge in [-0.15, -0.1) is 11.3 Å². The number of pyridine rings is 1. The Kier molecular flexibility index (Phi) is 5.14. The van der Waals surface area contributed by atoms with Gasteiger partial charge in [-0.2, -0.15) is 0 Å². The zero-order chi connectivity index (χ0) is 20.5. The van der Waals surface area contributed by atoms with E-state index in [1.807, 2.05) is 0 Å². The number of fused-ring (bicyclic) bond motifs is 2. The van der Waals surface area contributed by atoms with E-state index in [-0.39, 0.29) is 12.1 Å². The maximum atomic E-state index is 12.7. The highest BCUT2D eigenvalue weighted by Gasteiger charge is 2.29. The zero-order valence-corrected chi connectivity index (χ0v) is 16.9. The molecule has 1 amide bonds. The fraction of sp³-hybridized carbons (Fsp3) is 0.350. The number of rotatable bonds is 4. The van der Waals surface area contributed by atoms with Gasteiger partial charge in [-0.1, -0.05) is 6.92 Å². The van der Waals surface area contributed by atoms with Gasteiger partial charge in [0.1, 0.15) is 17.9 Å². The minimum atomic E-state index is -0.456. The second-order valence-corrected chi connectivity index (χ2v) is 8.25. The molecular formula is C20H20N4O4S. The van der Waals surface area contributed by atoms with E-state index in [0.717, 1.165) is 29.7 Å².